The fourth-order valence-electron chi connectivity index (χ4n) is 1.57. The normalized spacial score (nSPS) is 11.7. The summed E-state index contributed by atoms with van der Waals surface area (Å²) in [5, 5.41) is 17.0. The number of nitrogens with zero attached hydrogens (tertiary/aromatic N) is 3. The van der Waals surface area contributed by atoms with Crippen molar-refractivity contribution in [3.05, 3.63) is 40.2 Å². The van der Waals surface area contributed by atoms with Crippen LogP contribution in [0.4, 0.5) is 0 Å². The van der Waals surface area contributed by atoms with Crippen LogP contribution < -0.4 is 5.32 Å². The van der Waals surface area contributed by atoms with E-state index in [0.717, 1.165) is 16.6 Å². The molecule has 2 heterocycles. The molecule has 0 amide bonds. The van der Waals surface area contributed by atoms with Gasteiger partial charge >= 0.3 is 0 Å². The summed E-state index contributed by atoms with van der Waals surface area (Å²) in [5.41, 5.74) is 1.80. The molecule has 0 atom stereocenters. The van der Waals surface area contributed by atoms with Gasteiger partial charge in [-0.1, -0.05) is 11.8 Å². The van der Waals surface area contributed by atoms with Crippen LogP contribution in [-0.2, 0) is 6.54 Å². The number of hydrazone groups is 1. The zero-order valence-corrected chi connectivity index (χ0v) is 10.4. The number of H-pyrrole nitrogens is 1. The minimum Gasteiger partial charge on any atom is -0.355 e. The Balaban J connectivity index is 2.14. The molecular weight excluding hydrogens is 254 g/mol. The van der Waals surface area contributed by atoms with Crippen LogP contribution in [0.1, 0.15) is 5.56 Å². The van der Waals surface area contributed by atoms with E-state index in [9.17, 15) is 10.1 Å². The van der Waals surface area contributed by atoms with E-state index in [1.54, 1.807) is 12.5 Å². The maximum atomic E-state index is 10.3. The van der Waals surface area contributed by atoms with Crippen molar-refractivity contribution in [3.8, 4) is 0 Å². The Morgan fingerprint density at radius 2 is 2.50 bits per heavy atom. The number of aromatic amines is 1. The average molecular weight is 265 g/mol. The van der Waals surface area contributed by atoms with Crippen LogP contribution in [0.5, 0.6) is 0 Å². The first-order chi connectivity index (χ1) is 8.70. The van der Waals surface area contributed by atoms with Crippen molar-refractivity contribution in [1.29, 1.82) is 0 Å². The second kappa shape index (κ2) is 5.50. The van der Waals surface area contributed by atoms with Crippen LogP contribution in [0.3, 0.4) is 0 Å². The second-order valence-electron chi connectivity index (χ2n) is 3.41. The Morgan fingerprint density at radius 3 is 3.22 bits per heavy atom. The highest BCUT2D eigenvalue weighted by Gasteiger charge is 2.06. The Morgan fingerprint density at radius 1 is 1.67 bits per heavy atom. The van der Waals surface area contributed by atoms with Crippen molar-refractivity contribution in [2.45, 2.75) is 6.54 Å². The van der Waals surface area contributed by atoms with Gasteiger partial charge in [0.1, 0.15) is 5.65 Å². The number of hydrogen-bond donors (Lipinski definition) is 2. The molecule has 0 aliphatic heterocycles. The zero-order valence-electron chi connectivity index (χ0n) is 9.58. The summed E-state index contributed by atoms with van der Waals surface area (Å²) in [4.78, 5) is 17.5. The zero-order chi connectivity index (χ0) is 13.0. The lowest BCUT2D eigenvalue weighted by Gasteiger charge is -2.05. The first-order valence-corrected chi connectivity index (χ1v) is 6.35. The molecule has 0 fully saturated rings. The van der Waals surface area contributed by atoms with Gasteiger partial charge in [0, 0.05) is 24.3 Å². The van der Waals surface area contributed by atoms with E-state index >= 15 is 0 Å². The third-order valence-electron chi connectivity index (χ3n) is 2.35. The Labute approximate surface area is 107 Å². The van der Waals surface area contributed by atoms with Crippen molar-refractivity contribution < 1.29 is 5.03 Å². The molecule has 2 rings (SSSR count). The number of rotatable bonds is 3. The summed E-state index contributed by atoms with van der Waals surface area (Å²) in [7, 11) is 0. The van der Waals surface area contributed by atoms with Gasteiger partial charge in [-0.15, -0.1) is 0 Å². The molecule has 18 heavy (non-hydrogen) atoms. The van der Waals surface area contributed by atoms with Gasteiger partial charge in [0.2, 0.25) is 5.17 Å². The lowest BCUT2D eigenvalue weighted by Crippen LogP contribution is -2.21. The van der Waals surface area contributed by atoms with E-state index in [1.807, 2.05) is 18.3 Å². The number of amidine groups is 1. The molecule has 0 bridgehead atoms. The number of thioether (sulfide) groups is 1. The standard InChI is InChI=1S/C10H11N5O2S/c1-18-10(14-15(16)17)13-6-7-2-4-11-9-8(7)3-5-12-9/h2-5H,6H2,1H3,(H,11,12)(H,13,14). The molecule has 2 aromatic rings. The van der Waals surface area contributed by atoms with Crippen molar-refractivity contribution in [3.63, 3.8) is 0 Å². The molecule has 0 unspecified atom stereocenters. The quantitative estimate of drug-likeness (QED) is 0.380. The Bertz CT molecular complexity index is 595. The summed E-state index contributed by atoms with van der Waals surface area (Å²) in [6.07, 6.45) is 5.23. The molecular formula is C10H11N5O2S. The monoisotopic (exact) mass is 265 g/mol. The number of pyridine rings is 1. The van der Waals surface area contributed by atoms with Gasteiger partial charge < -0.3 is 10.3 Å². The van der Waals surface area contributed by atoms with Gasteiger partial charge in [-0.05, 0) is 24.0 Å². The third kappa shape index (κ3) is 2.77. The van der Waals surface area contributed by atoms with Gasteiger partial charge in [0.05, 0.1) is 5.10 Å². The van der Waals surface area contributed by atoms with Gasteiger partial charge in [-0.25, -0.2) is 15.1 Å². The summed E-state index contributed by atoms with van der Waals surface area (Å²) in [6.45, 7) is 0.463. The smallest absolute Gasteiger partial charge is 0.235 e. The minimum absolute atomic E-state index is 0.278. The van der Waals surface area contributed by atoms with Crippen molar-refractivity contribution >= 4 is 28.0 Å². The maximum absolute atomic E-state index is 10.3. The van der Waals surface area contributed by atoms with E-state index in [-0.39, 0.29) is 5.17 Å². The number of fused-ring (bicyclic) bond motifs is 1. The van der Waals surface area contributed by atoms with Crippen molar-refractivity contribution in [2.24, 2.45) is 5.10 Å². The molecule has 0 spiro atoms. The highest BCUT2D eigenvalue weighted by molar-refractivity contribution is 8.13. The number of nitro groups is 1. The van der Waals surface area contributed by atoms with Crippen LogP contribution >= 0.6 is 11.8 Å². The molecule has 0 aromatic carbocycles. The number of aromatic nitrogens is 2. The molecule has 0 aliphatic carbocycles. The first kappa shape index (κ1) is 12.4. The van der Waals surface area contributed by atoms with Gasteiger partial charge in [-0.2, -0.15) is 0 Å². The predicted octanol–water partition coefficient (Wildman–Crippen LogP) is 1.56. The SMILES string of the molecule is CS/C(=N\[N+](=O)[O-])NCc1ccnc2[nH]ccc12. The van der Waals surface area contributed by atoms with Crippen molar-refractivity contribution in [1.82, 2.24) is 15.3 Å². The topological polar surface area (TPSA) is 96.2 Å². The van der Waals surface area contributed by atoms with Crippen LogP contribution in [0.25, 0.3) is 11.0 Å². The maximum Gasteiger partial charge on any atom is 0.235 e. The molecule has 2 aromatic heterocycles. The van der Waals surface area contributed by atoms with Gasteiger partial charge in [-0.3, -0.25) is 0 Å². The molecule has 7 nitrogen and oxygen atoms in total. The van der Waals surface area contributed by atoms with Crippen LogP contribution in [0.2, 0.25) is 0 Å². The van der Waals surface area contributed by atoms with E-state index < -0.39 is 5.03 Å². The number of hydrogen-bond acceptors (Lipinski definition) is 4. The van der Waals surface area contributed by atoms with Gasteiger partial charge in [0.25, 0.3) is 0 Å². The number of nitrogens with one attached hydrogen (secondary N) is 2. The van der Waals surface area contributed by atoms with Crippen LogP contribution in [0, 0.1) is 10.1 Å². The fourth-order valence-corrected chi connectivity index (χ4v) is 1.93. The van der Waals surface area contributed by atoms with Crippen LogP contribution in [0.15, 0.2) is 29.6 Å². The predicted molar refractivity (Wildman–Crippen MR) is 70.9 cm³/mol. The largest absolute Gasteiger partial charge is 0.355 e. The van der Waals surface area contributed by atoms with E-state index in [4.69, 9.17) is 0 Å². The molecule has 0 aliphatic rings. The second-order valence-corrected chi connectivity index (χ2v) is 4.21. The third-order valence-corrected chi connectivity index (χ3v) is 2.96. The summed E-state index contributed by atoms with van der Waals surface area (Å²) < 4.78 is 0. The Kier molecular flexibility index (Phi) is 3.78. The fraction of sp³-hybridized carbons (Fsp3) is 0.200. The highest BCUT2D eigenvalue weighted by Crippen LogP contribution is 2.14. The van der Waals surface area contributed by atoms with Crippen LogP contribution in [-0.4, -0.2) is 26.4 Å². The molecule has 0 radical (unpaired) electrons. The highest BCUT2D eigenvalue weighted by atomic mass is 32.2. The average Bonchev–Trinajstić information content (AvgIpc) is 2.82. The summed E-state index contributed by atoms with van der Waals surface area (Å²) in [6, 6.07) is 3.79. The molecule has 2 N–H and O–H groups in total. The van der Waals surface area contributed by atoms with Crippen molar-refractivity contribution in [2.75, 3.05) is 6.26 Å². The molecule has 0 saturated heterocycles. The minimum atomic E-state index is -0.711. The first-order valence-electron chi connectivity index (χ1n) is 5.12. The lowest BCUT2D eigenvalue weighted by atomic mass is 10.2. The molecule has 8 heteroatoms. The summed E-state index contributed by atoms with van der Waals surface area (Å²) >= 11 is 1.20. The Hall–Kier alpha value is -2.09. The summed E-state index contributed by atoms with van der Waals surface area (Å²) in [5.74, 6) is 0. The van der Waals surface area contributed by atoms with Gasteiger partial charge in [0.15, 0.2) is 5.03 Å². The van der Waals surface area contributed by atoms with E-state index in [1.165, 1.54) is 11.8 Å². The van der Waals surface area contributed by atoms with E-state index in [0.29, 0.717) is 6.54 Å². The van der Waals surface area contributed by atoms with E-state index in [2.05, 4.69) is 20.4 Å². The molecule has 0 saturated carbocycles. The molecule has 94 valence electrons. The lowest BCUT2D eigenvalue weighted by molar-refractivity contribution is -0.484.